The molecule has 32 heavy (non-hydrogen) atoms. The molecule has 3 rings (SSSR count). The van der Waals surface area contributed by atoms with Gasteiger partial charge in [0, 0.05) is 16.8 Å². The molecule has 166 valence electrons. The van der Waals surface area contributed by atoms with Crippen molar-refractivity contribution in [1.82, 2.24) is 0 Å². The van der Waals surface area contributed by atoms with Gasteiger partial charge in [-0.3, -0.25) is 9.59 Å². The minimum absolute atomic E-state index is 0.0215. The van der Waals surface area contributed by atoms with Crippen LogP contribution in [-0.4, -0.2) is 17.8 Å². The van der Waals surface area contributed by atoms with Crippen LogP contribution in [0, 0.1) is 0 Å². The van der Waals surface area contributed by atoms with E-state index in [-0.39, 0.29) is 17.1 Å². The number of ketones is 1. The van der Waals surface area contributed by atoms with Crippen molar-refractivity contribution in [3.05, 3.63) is 94.5 Å². The summed E-state index contributed by atoms with van der Waals surface area (Å²) >= 11 is 6.14. The first-order valence-corrected chi connectivity index (χ1v) is 11.0. The van der Waals surface area contributed by atoms with Crippen molar-refractivity contribution in [2.75, 3.05) is 5.32 Å². The summed E-state index contributed by atoms with van der Waals surface area (Å²) in [6.45, 7) is 8.27. The second-order valence-electron chi connectivity index (χ2n) is 8.67. The number of benzene rings is 3. The average Bonchev–Trinajstić information content (AvgIpc) is 2.77. The summed E-state index contributed by atoms with van der Waals surface area (Å²) in [7, 11) is 0. The number of para-hydroxylation sites is 1. The van der Waals surface area contributed by atoms with E-state index in [1.54, 1.807) is 48.5 Å². The summed E-state index contributed by atoms with van der Waals surface area (Å²) in [5.41, 5.74) is 2.84. The third kappa shape index (κ3) is 5.77. The fraction of sp³-hybridized carbons (Fsp3) is 0.259. The Kier molecular flexibility index (Phi) is 7.37. The van der Waals surface area contributed by atoms with Gasteiger partial charge in [-0.15, -0.1) is 0 Å². The van der Waals surface area contributed by atoms with Gasteiger partial charge in [0.05, 0.1) is 5.02 Å². The third-order valence-electron chi connectivity index (χ3n) is 5.17. The molecule has 0 aliphatic heterocycles. The summed E-state index contributed by atoms with van der Waals surface area (Å²) in [6.07, 6.45) is -0.241. The van der Waals surface area contributed by atoms with E-state index in [0.717, 1.165) is 0 Å². The maximum Gasteiger partial charge on any atom is 0.265 e. The van der Waals surface area contributed by atoms with Gasteiger partial charge in [0.2, 0.25) is 0 Å². The van der Waals surface area contributed by atoms with Gasteiger partial charge in [0.1, 0.15) is 5.75 Å². The highest BCUT2D eigenvalue weighted by molar-refractivity contribution is 6.32. The van der Waals surface area contributed by atoms with Gasteiger partial charge >= 0.3 is 0 Å². The molecule has 0 heterocycles. The quantitative estimate of drug-likeness (QED) is 0.410. The molecule has 0 fully saturated rings. The smallest absolute Gasteiger partial charge is 0.265 e. The van der Waals surface area contributed by atoms with Crippen LogP contribution in [0.4, 0.5) is 5.69 Å². The minimum Gasteiger partial charge on any atom is -0.479 e. The fourth-order valence-electron chi connectivity index (χ4n) is 3.27. The summed E-state index contributed by atoms with van der Waals surface area (Å²) in [5, 5.41) is 3.30. The number of hydrogen-bond acceptors (Lipinski definition) is 3. The van der Waals surface area contributed by atoms with Crippen LogP contribution in [0.15, 0.2) is 72.8 Å². The molecule has 0 aliphatic rings. The average molecular weight is 450 g/mol. The molecule has 1 atom stereocenters. The van der Waals surface area contributed by atoms with Gasteiger partial charge in [-0.1, -0.05) is 87.8 Å². The number of rotatable bonds is 7. The molecule has 0 aliphatic carbocycles. The number of nitrogens with one attached hydrogen (secondary N) is 1. The zero-order valence-corrected chi connectivity index (χ0v) is 19.6. The van der Waals surface area contributed by atoms with Crippen molar-refractivity contribution >= 4 is 29.0 Å². The summed E-state index contributed by atoms with van der Waals surface area (Å²) in [5.74, 6) is 0.0614. The van der Waals surface area contributed by atoms with Crippen LogP contribution in [-0.2, 0) is 10.2 Å². The molecule has 1 N–H and O–H groups in total. The van der Waals surface area contributed by atoms with E-state index in [0.29, 0.717) is 34.0 Å². The normalized spacial score (nSPS) is 12.2. The number of anilines is 1. The van der Waals surface area contributed by atoms with Crippen LogP contribution < -0.4 is 10.1 Å². The Labute approximate surface area is 194 Å². The lowest BCUT2D eigenvalue weighted by Gasteiger charge is -2.19. The summed E-state index contributed by atoms with van der Waals surface area (Å²) in [4.78, 5) is 25.7. The van der Waals surface area contributed by atoms with Gasteiger partial charge in [-0.05, 0) is 41.7 Å². The Balaban J connectivity index is 1.73. The lowest BCUT2D eigenvalue weighted by Crippen LogP contribution is -2.32. The predicted octanol–water partition coefficient (Wildman–Crippen LogP) is 6.66. The molecule has 0 unspecified atom stereocenters. The zero-order chi connectivity index (χ0) is 23.3. The van der Waals surface area contributed by atoms with E-state index in [4.69, 9.17) is 16.3 Å². The highest BCUT2D eigenvalue weighted by Crippen LogP contribution is 2.26. The van der Waals surface area contributed by atoms with Crippen LogP contribution in [0.5, 0.6) is 5.75 Å². The van der Waals surface area contributed by atoms with Crippen molar-refractivity contribution in [3.63, 3.8) is 0 Å². The largest absolute Gasteiger partial charge is 0.479 e. The van der Waals surface area contributed by atoms with E-state index in [1.165, 1.54) is 5.56 Å². The van der Waals surface area contributed by atoms with E-state index in [9.17, 15) is 9.59 Å². The molecule has 0 aromatic heterocycles. The van der Waals surface area contributed by atoms with Gasteiger partial charge in [0.25, 0.3) is 5.91 Å². The van der Waals surface area contributed by atoms with Crippen LogP contribution in [0.2, 0.25) is 5.02 Å². The monoisotopic (exact) mass is 449 g/mol. The second-order valence-corrected chi connectivity index (χ2v) is 9.08. The summed E-state index contributed by atoms with van der Waals surface area (Å²) in [6, 6.07) is 21.6. The third-order valence-corrected chi connectivity index (χ3v) is 5.49. The Hall–Kier alpha value is -3.11. The zero-order valence-electron chi connectivity index (χ0n) is 18.8. The number of carbonyl (C=O) groups is 2. The Morgan fingerprint density at radius 1 is 0.938 bits per heavy atom. The molecular formula is C27H28ClNO3. The molecule has 0 spiro atoms. The van der Waals surface area contributed by atoms with E-state index in [2.05, 4.69) is 26.1 Å². The van der Waals surface area contributed by atoms with Crippen LogP contribution in [0.25, 0.3) is 0 Å². The van der Waals surface area contributed by atoms with Crippen LogP contribution >= 0.6 is 11.6 Å². The molecule has 1 amide bonds. The number of ether oxygens (including phenoxy) is 1. The lowest BCUT2D eigenvalue weighted by molar-refractivity contribution is -0.122. The van der Waals surface area contributed by atoms with Gasteiger partial charge in [-0.25, -0.2) is 0 Å². The maximum absolute atomic E-state index is 13.0. The van der Waals surface area contributed by atoms with Crippen molar-refractivity contribution in [2.24, 2.45) is 0 Å². The first kappa shape index (κ1) is 23.6. The Bertz CT molecular complexity index is 1100. The maximum atomic E-state index is 13.0. The highest BCUT2D eigenvalue weighted by Gasteiger charge is 2.20. The molecule has 0 bridgehead atoms. The standard InChI is InChI=1S/C27H28ClNO3/c1-5-23(32-24-12-7-6-11-22(24)28)26(31)29-21-10-8-9-19(17-21)25(30)18-13-15-20(16-14-18)27(2,3)4/h6-17,23H,5H2,1-4H3,(H,29,31)/t23-/m0/s1. The van der Waals surface area contributed by atoms with Crippen molar-refractivity contribution in [1.29, 1.82) is 0 Å². The molecule has 3 aromatic rings. The molecule has 4 nitrogen and oxygen atoms in total. The fourth-order valence-corrected chi connectivity index (χ4v) is 3.45. The van der Waals surface area contributed by atoms with Gasteiger partial charge < -0.3 is 10.1 Å². The number of amides is 1. The van der Waals surface area contributed by atoms with E-state index >= 15 is 0 Å². The second kappa shape index (κ2) is 10.0. The van der Waals surface area contributed by atoms with Gasteiger partial charge in [-0.2, -0.15) is 0 Å². The number of halogens is 1. The van der Waals surface area contributed by atoms with Crippen molar-refractivity contribution in [2.45, 2.75) is 45.6 Å². The SMILES string of the molecule is CC[C@H](Oc1ccccc1Cl)C(=O)Nc1cccc(C(=O)c2ccc(C(C)(C)C)cc2)c1. The highest BCUT2D eigenvalue weighted by atomic mass is 35.5. The first-order chi connectivity index (χ1) is 15.2. The van der Waals surface area contributed by atoms with E-state index in [1.807, 2.05) is 31.2 Å². The number of hydrogen-bond donors (Lipinski definition) is 1. The number of carbonyl (C=O) groups excluding carboxylic acids is 2. The molecular weight excluding hydrogens is 422 g/mol. The van der Waals surface area contributed by atoms with E-state index < -0.39 is 6.10 Å². The van der Waals surface area contributed by atoms with Gasteiger partial charge in [0.15, 0.2) is 11.9 Å². The first-order valence-electron chi connectivity index (χ1n) is 10.7. The van der Waals surface area contributed by atoms with Crippen LogP contribution in [0.3, 0.4) is 0 Å². The molecule has 5 heteroatoms. The Morgan fingerprint density at radius 2 is 1.62 bits per heavy atom. The molecule has 3 aromatic carbocycles. The molecule has 0 saturated carbocycles. The van der Waals surface area contributed by atoms with Crippen molar-refractivity contribution in [3.8, 4) is 5.75 Å². The van der Waals surface area contributed by atoms with Crippen LogP contribution in [0.1, 0.15) is 55.6 Å². The van der Waals surface area contributed by atoms with Crippen molar-refractivity contribution < 1.29 is 14.3 Å². The molecule has 0 saturated heterocycles. The summed E-state index contributed by atoms with van der Waals surface area (Å²) < 4.78 is 5.80. The molecule has 0 radical (unpaired) electrons. The topological polar surface area (TPSA) is 55.4 Å². The lowest BCUT2D eigenvalue weighted by atomic mass is 9.86. The predicted molar refractivity (Wildman–Crippen MR) is 130 cm³/mol. The minimum atomic E-state index is -0.709. The Morgan fingerprint density at radius 3 is 2.25 bits per heavy atom.